The van der Waals surface area contributed by atoms with Gasteiger partial charge in [-0.2, -0.15) is 0 Å². The Morgan fingerprint density at radius 2 is 2.06 bits per heavy atom. The minimum absolute atomic E-state index is 0.130. The van der Waals surface area contributed by atoms with Crippen molar-refractivity contribution in [1.29, 1.82) is 0 Å². The van der Waals surface area contributed by atoms with Crippen molar-refractivity contribution < 1.29 is 9.59 Å². The highest BCUT2D eigenvalue weighted by atomic mass is 16.2. The number of amides is 3. The van der Waals surface area contributed by atoms with Gasteiger partial charge < -0.3 is 5.73 Å². The minimum atomic E-state index is -0.614. The molecule has 1 aromatic rings. The van der Waals surface area contributed by atoms with Crippen LogP contribution in [0.3, 0.4) is 0 Å². The van der Waals surface area contributed by atoms with Crippen molar-refractivity contribution in [3.05, 3.63) is 29.8 Å². The lowest BCUT2D eigenvalue weighted by molar-refractivity contribution is -0.126. The fraction of sp³-hybridized carbons (Fsp3) is 0.385. The number of carbonyl (C=O) groups is 2. The van der Waals surface area contributed by atoms with Crippen LogP contribution in [-0.4, -0.2) is 19.0 Å². The summed E-state index contributed by atoms with van der Waals surface area (Å²) in [7, 11) is 1.58. The van der Waals surface area contributed by atoms with E-state index in [-0.39, 0.29) is 11.8 Å². The first kappa shape index (κ1) is 11.8. The molecule has 2 atom stereocenters. The Morgan fingerprint density at radius 1 is 1.41 bits per heavy atom. The van der Waals surface area contributed by atoms with E-state index < -0.39 is 10.5 Å². The van der Waals surface area contributed by atoms with E-state index in [1.54, 1.807) is 7.05 Å². The summed E-state index contributed by atoms with van der Waals surface area (Å²) in [5.41, 5.74) is 7.19. The summed E-state index contributed by atoms with van der Waals surface area (Å²) in [6, 6.07) is 6.94. The minimum Gasteiger partial charge on any atom is -0.318 e. The van der Waals surface area contributed by atoms with Crippen molar-refractivity contribution in [1.82, 2.24) is 4.48 Å². The molecule has 90 valence electrons. The van der Waals surface area contributed by atoms with E-state index in [9.17, 15) is 9.59 Å². The van der Waals surface area contributed by atoms with Crippen LogP contribution in [-0.2, 0) is 4.79 Å². The number of fused-ring (bicyclic) bond motifs is 1. The van der Waals surface area contributed by atoms with Crippen molar-refractivity contribution >= 4 is 17.6 Å². The van der Waals surface area contributed by atoms with Crippen molar-refractivity contribution in [2.45, 2.75) is 25.7 Å². The zero-order chi connectivity index (χ0) is 12.6. The maximum atomic E-state index is 12.2. The largest absolute Gasteiger partial charge is 0.426 e. The number of hydrogen-bond donors (Lipinski definition) is 1. The van der Waals surface area contributed by atoms with Crippen molar-refractivity contribution in [3.63, 3.8) is 0 Å². The van der Waals surface area contributed by atoms with E-state index in [2.05, 4.69) is 6.92 Å². The first-order chi connectivity index (χ1) is 7.98. The second kappa shape index (κ2) is 3.96. The molecule has 1 aliphatic heterocycles. The molecule has 2 unspecified atom stereocenters. The molecule has 0 radical (unpaired) electrons. The highest BCUT2D eigenvalue weighted by Crippen LogP contribution is 2.37. The van der Waals surface area contributed by atoms with Gasteiger partial charge in [0.2, 0.25) is 0 Å². The number of nitrogens with two attached hydrogens (primary N) is 1. The number of nitrogens with zero attached hydrogens (tertiary/aromatic N) is 1. The Balaban J connectivity index is 2.70. The molecule has 4 heteroatoms. The molecular weight excluding hydrogens is 216 g/mol. The van der Waals surface area contributed by atoms with Gasteiger partial charge in [-0.1, -0.05) is 25.1 Å². The van der Waals surface area contributed by atoms with Gasteiger partial charge in [-0.25, -0.2) is 9.59 Å². The zero-order valence-electron chi connectivity index (χ0n) is 10.1. The molecule has 0 bridgehead atoms. The van der Waals surface area contributed by atoms with E-state index in [0.717, 1.165) is 17.7 Å². The lowest BCUT2D eigenvalue weighted by Crippen LogP contribution is -2.57. The van der Waals surface area contributed by atoms with Crippen molar-refractivity contribution in [2.75, 3.05) is 7.05 Å². The van der Waals surface area contributed by atoms with Crippen LogP contribution in [0.5, 0.6) is 0 Å². The summed E-state index contributed by atoms with van der Waals surface area (Å²) < 4.78 is -0.416. The number of rotatable bonds is 0. The molecule has 1 aromatic carbocycles. The van der Waals surface area contributed by atoms with Crippen molar-refractivity contribution in [2.24, 2.45) is 5.73 Å². The van der Waals surface area contributed by atoms with Crippen molar-refractivity contribution in [3.8, 4) is 0 Å². The molecule has 3 amide bonds. The second-order valence-corrected chi connectivity index (χ2v) is 4.74. The lowest BCUT2D eigenvalue weighted by Gasteiger charge is -2.26. The first-order valence-corrected chi connectivity index (χ1v) is 5.77. The highest BCUT2D eigenvalue weighted by Gasteiger charge is 2.44. The standard InChI is InChI=1S/C13H16N2O2/c1-9-7-8-12(16)15(2,13(14)17)11-6-4-3-5-10(9)11/h3-6,9H,7-8H2,1-2H3,(H-,14,17)/p+1. The van der Waals surface area contributed by atoms with Gasteiger partial charge in [0.25, 0.3) is 0 Å². The zero-order valence-corrected chi connectivity index (χ0v) is 10.1. The summed E-state index contributed by atoms with van der Waals surface area (Å²) in [5.74, 6) is 0.142. The fourth-order valence-corrected chi connectivity index (χ4v) is 2.41. The third kappa shape index (κ3) is 1.65. The molecule has 1 heterocycles. The van der Waals surface area contributed by atoms with Crippen LogP contribution in [0.25, 0.3) is 0 Å². The van der Waals surface area contributed by atoms with Gasteiger partial charge in [-0.05, 0) is 12.3 Å². The van der Waals surface area contributed by atoms with Crippen LogP contribution < -0.4 is 10.2 Å². The fourth-order valence-electron chi connectivity index (χ4n) is 2.41. The van der Waals surface area contributed by atoms with Crippen LogP contribution in [0.15, 0.2) is 24.3 Å². The molecule has 1 aliphatic rings. The number of para-hydroxylation sites is 1. The first-order valence-electron chi connectivity index (χ1n) is 5.77. The molecule has 0 saturated carbocycles. The Kier molecular flexibility index (Phi) is 2.75. The average molecular weight is 233 g/mol. The molecular formula is C13H17N2O2+. The highest BCUT2D eigenvalue weighted by molar-refractivity contribution is 6.08. The number of urea groups is 1. The SMILES string of the molecule is CC1CCC(=O)[N+](C)(C(N)=O)c2ccccc21. The van der Waals surface area contributed by atoms with Crippen LogP contribution in [0, 0.1) is 0 Å². The molecule has 0 fully saturated rings. The summed E-state index contributed by atoms with van der Waals surface area (Å²) in [6.45, 7) is 2.07. The summed E-state index contributed by atoms with van der Waals surface area (Å²) in [4.78, 5) is 23.8. The number of quaternary nitrogens is 1. The molecule has 2 N–H and O–H groups in total. The van der Waals surface area contributed by atoms with Gasteiger partial charge in [-0.15, -0.1) is 4.48 Å². The van der Waals surface area contributed by atoms with Gasteiger partial charge >= 0.3 is 11.9 Å². The Bertz CT molecular complexity index is 484. The third-order valence-electron chi connectivity index (χ3n) is 3.68. The van der Waals surface area contributed by atoms with Gasteiger partial charge in [0, 0.05) is 11.6 Å². The van der Waals surface area contributed by atoms with E-state index in [4.69, 9.17) is 5.73 Å². The predicted molar refractivity (Wildman–Crippen MR) is 66.4 cm³/mol. The maximum absolute atomic E-state index is 12.2. The van der Waals surface area contributed by atoms with Gasteiger partial charge in [-0.3, -0.25) is 0 Å². The quantitative estimate of drug-likeness (QED) is 0.698. The van der Waals surface area contributed by atoms with E-state index >= 15 is 0 Å². The monoisotopic (exact) mass is 233 g/mol. The normalized spacial score (nSPS) is 28.4. The summed E-state index contributed by atoms with van der Waals surface area (Å²) >= 11 is 0. The average Bonchev–Trinajstić information content (AvgIpc) is 2.42. The summed E-state index contributed by atoms with van der Waals surface area (Å²) in [5, 5.41) is 0. The molecule has 4 nitrogen and oxygen atoms in total. The number of hydrogen-bond acceptors (Lipinski definition) is 2. The molecule has 2 rings (SSSR count). The number of imide groups is 1. The van der Waals surface area contributed by atoms with Crippen LogP contribution in [0.1, 0.15) is 31.2 Å². The van der Waals surface area contributed by atoms with E-state index in [1.807, 2.05) is 24.3 Å². The second-order valence-electron chi connectivity index (χ2n) is 4.74. The van der Waals surface area contributed by atoms with E-state index in [1.165, 1.54) is 0 Å². The molecule has 0 spiro atoms. The Hall–Kier alpha value is -1.68. The van der Waals surface area contributed by atoms with Crippen LogP contribution in [0.4, 0.5) is 10.5 Å². The predicted octanol–water partition coefficient (Wildman–Crippen LogP) is 2.13. The molecule has 17 heavy (non-hydrogen) atoms. The van der Waals surface area contributed by atoms with Crippen LogP contribution in [0.2, 0.25) is 0 Å². The smallest absolute Gasteiger partial charge is 0.318 e. The Morgan fingerprint density at radius 3 is 2.71 bits per heavy atom. The summed E-state index contributed by atoms with van der Waals surface area (Å²) in [6.07, 6.45) is 1.15. The number of carbonyl (C=O) groups excluding carboxylic acids is 2. The van der Waals surface area contributed by atoms with Gasteiger partial charge in [0.05, 0.1) is 13.5 Å². The third-order valence-corrected chi connectivity index (χ3v) is 3.68. The maximum Gasteiger partial charge on any atom is 0.426 e. The van der Waals surface area contributed by atoms with Gasteiger partial charge in [0.15, 0.2) is 5.69 Å². The van der Waals surface area contributed by atoms with Crippen LogP contribution >= 0.6 is 0 Å². The molecule has 0 saturated heterocycles. The van der Waals surface area contributed by atoms with E-state index in [0.29, 0.717) is 6.42 Å². The molecule has 0 aliphatic carbocycles. The topological polar surface area (TPSA) is 60.2 Å². The number of benzene rings is 1. The Labute approximate surface area is 101 Å². The van der Waals surface area contributed by atoms with Gasteiger partial charge in [0.1, 0.15) is 0 Å². The lowest BCUT2D eigenvalue weighted by atomic mass is 9.96. The molecule has 0 aromatic heterocycles. The number of primary amides is 1.